The minimum absolute atomic E-state index is 0.0630. The Bertz CT molecular complexity index is 849. The molecule has 0 bridgehead atoms. The molecule has 1 fully saturated rings. The normalized spacial score (nSPS) is 19.4. The van der Waals surface area contributed by atoms with Gasteiger partial charge in [0.2, 0.25) is 5.95 Å². The lowest BCUT2D eigenvalue weighted by Gasteiger charge is -2.28. The predicted molar refractivity (Wildman–Crippen MR) is 103 cm³/mol. The second kappa shape index (κ2) is 7.81. The van der Waals surface area contributed by atoms with Crippen LogP contribution in [0.3, 0.4) is 0 Å². The van der Waals surface area contributed by atoms with Gasteiger partial charge in [-0.05, 0) is 44.2 Å². The van der Waals surface area contributed by atoms with Crippen molar-refractivity contribution in [3.63, 3.8) is 0 Å². The number of anilines is 1. The average Bonchev–Trinajstić information content (AvgIpc) is 3.27. The topological polar surface area (TPSA) is 56.6 Å². The molecule has 1 saturated carbocycles. The zero-order valence-electron chi connectivity index (χ0n) is 16.3. The van der Waals surface area contributed by atoms with Crippen molar-refractivity contribution in [2.45, 2.75) is 45.2 Å². The number of fused-ring (bicyclic) bond motifs is 1. The zero-order chi connectivity index (χ0) is 19.7. The number of esters is 1. The molecule has 0 radical (unpaired) electrons. The number of carbonyl (C=O) groups excluding carboxylic acids is 1. The molecule has 7 heteroatoms. The Balaban J connectivity index is 1.54. The van der Waals surface area contributed by atoms with E-state index in [9.17, 15) is 9.18 Å². The number of rotatable bonds is 8. The first-order valence-electron chi connectivity index (χ1n) is 9.93. The minimum atomic E-state index is -0.500. The summed E-state index contributed by atoms with van der Waals surface area (Å²) >= 11 is 0. The molecule has 1 aromatic carbocycles. The largest absolute Gasteiger partial charge is 0.489 e. The Morgan fingerprint density at radius 1 is 1.39 bits per heavy atom. The van der Waals surface area contributed by atoms with E-state index in [4.69, 9.17) is 9.47 Å². The van der Waals surface area contributed by atoms with Crippen LogP contribution in [-0.2, 0) is 16.0 Å². The summed E-state index contributed by atoms with van der Waals surface area (Å²) < 4.78 is 26.3. The van der Waals surface area contributed by atoms with E-state index in [-0.39, 0.29) is 18.1 Å². The highest BCUT2D eigenvalue weighted by Gasteiger charge is 2.40. The van der Waals surface area contributed by atoms with Crippen LogP contribution in [0.25, 0.3) is 0 Å². The van der Waals surface area contributed by atoms with Gasteiger partial charge in [-0.25, -0.2) is 9.78 Å². The Hall–Kier alpha value is -2.57. The molecule has 2 aliphatic rings. The van der Waals surface area contributed by atoms with Crippen LogP contribution in [0.1, 0.15) is 38.3 Å². The standard InChI is InChI=1S/C21H26FN3O3/c1-3-27-21(26)17-9-16-5-4-6-18(20(16)25(17)10-15-7-8-15)28-12-14(2)24-11-19(22)23-13-24/h4-6,11,13-15,17H,3,7-10,12H2,1-2H3/t14-,17?/m1/s1. The van der Waals surface area contributed by atoms with Gasteiger partial charge in [-0.15, -0.1) is 0 Å². The molecule has 6 nitrogen and oxygen atoms in total. The van der Waals surface area contributed by atoms with Gasteiger partial charge in [-0.1, -0.05) is 12.1 Å². The molecule has 0 spiro atoms. The number of carbonyl (C=O) groups is 1. The fourth-order valence-corrected chi connectivity index (χ4v) is 3.74. The summed E-state index contributed by atoms with van der Waals surface area (Å²) in [5.74, 6) is 0.717. The lowest BCUT2D eigenvalue weighted by molar-refractivity contribution is -0.144. The Kier molecular flexibility index (Phi) is 5.24. The Morgan fingerprint density at radius 3 is 2.89 bits per heavy atom. The average molecular weight is 387 g/mol. The van der Waals surface area contributed by atoms with Crippen LogP contribution in [0, 0.1) is 11.9 Å². The maximum atomic E-state index is 13.2. The van der Waals surface area contributed by atoms with Crippen LogP contribution < -0.4 is 9.64 Å². The number of nitrogens with zero attached hydrogens (tertiary/aromatic N) is 3. The first kappa shape index (κ1) is 18.8. The van der Waals surface area contributed by atoms with Crippen LogP contribution in [-0.4, -0.2) is 41.3 Å². The summed E-state index contributed by atoms with van der Waals surface area (Å²) in [6, 6.07) is 5.59. The quantitative estimate of drug-likeness (QED) is 0.650. The molecule has 1 aliphatic carbocycles. The molecule has 0 amide bonds. The molecular weight excluding hydrogens is 361 g/mol. The Morgan fingerprint density at radius 2 is 2.21 bits per heavy atom. The van der Waals surface area contributed by atoms with Gasteiger partial charge in [-0.3, -0.25) is 0 Å². The van der Waals surface area contributed by atoms with Crippen LogP contribution in [0.5, 0.6) is 5.75 Å². The van der Waals surface area contributed by atoms with Gasteiger partial charge in [0, 0.05) is 13.0 Å². The highest BCUT2D eigenvalue weighted by atomic mass is 19.1. The van der Waals surface area contributed by atoms with E-state index < -0.39 is 5.95 Å². The van der Waals surface area contributed by atoms with Crippen molar-refractivity contribution in [1.29, 1.82) is 0 Å². The SMILES string of the molecule is CCOC(=O)C1Cc2cccc(OC[C@@H](C)n3cnc(F)c3)c2N1CC1CC1. The summed E-state index contributed by atoms with van der Waals surface area (Å²) in [7, 11) is 0. The number of hydrogen-bond acceptors (Lipinski definition) is 5. The third-order valence-corrected chi connectivity index (χ3v) is 5.43. The molecular formula is C21H26FN3O3. The van der Waals surface area contributed by atoms with E-state index in [1.807, 2.05) is 26.0 Å². The smallest absolute Gasteiger partial charge is 0.329 e. The minimum Gasteiger partial charge on any atom is -0.489 e. The van der Waals surface area contributed by atoms with Gasteiger partial charge in [-0.2, -0.15) is 4.39 Å². The molecule has 0 saturated heterocycles. The molecule has 1 aliphatic heterocycles. The van der Waals surface area contributed by atoms with Crippen molar-refractivity contribution in [2.75, 3.05) is 24.7 Å². The second-order valence-electron chi connectivity index (χ2n) is 7.64. The molecule has 4 rings (SSSR count). The van der Waals surface area contributed by atoms with Crippen molar-refractivity contribution >= 4 is 11.7 Å². The van der Waals surface area contributed by atoms with Crippen LogP contribution in [0.4, 0.5) is 10.1 Å². The van der Waals surface area contributed by atoms with Gasteiger partial charge in [0.15, 0.2) is 0 Å². The van der Waals surface area contributed by atoms with E-state index in [1.54, 1.807) is 4.57 Å². The number of ether oxygens (including phenoxy) is 2. The summed E-state index contributed by atoms with van der Waals surface area (Å²) in [5.41, 5.74) is 2.11. The van der Waals surface area contributed by atoms with Crippen LogP contribution >= 0.6 is 0 Å². The van der Waals surface area contributed by atoms with Gasteiger partial charge >= 0.3 is 5.97 Å². The predicted octanol–water partition coefficient (Wildman–Crippen LogP) is 3.37. The van der Waals surface area contributed by atoms with E-state index >= 15 is 0 Å². The Labute approximate surface area is 164 Å². The molecule has 1 unspecified atom stereocenters. The van der Waals surface area contributed by atoms with Crippen molar-refractivity contribution in [3.8, 4) is 5.75 Å². The van der Waals surface area contributed by atoms with Gasteiger partial charge in [0.25, 0.3) is 0 Å². The molecule has 150 valence electrons. The molecule has 2 heterocycles. The van der Waals surface area contributed by atoms with E-state index in [0.29, 0.717) is 25.6 Å². The summed E-state index contributed by atoms with van der Waals surface area (Å²) in [5, 5.41) is 0. The lowest BCUT2D eigenvalue weighted by atomic mass is 10.1. The number of hydrogen-bond donors (Lipinski definition) is 0. The molecule has 0 N–H and O–H groups in total. The second-order valence-corrected chi connectivity index (χ2v) is 7.64. The first-order valence-corrected chi connectivity index (χ1v) is 9.93. The number of imidazole rings is 1. The fraction of sp³-hybridized carbons (Fsp3) is 0.524. The number of benzene rings is 1. The molecule has 1 aromatic heterocycles. The maximum absolute atomic E-state index is 13.2. The summed E-state index contributed by atoms with van der Waals surface area (Å²) in [6.07, 6.45) is 5.87. The first-order chi connectivity index (χ1) is 13.6. The van der Waals surface area contributed by atoms with Crippen molar-refractivity contribution in [3.05, 3.63) is 42.2 Å². The zero-order valence-corrected chi connectivity index (χ0v) is 16.3. The number of halogens is 1. The highest BCUT2D eigenvalue weighted by Crippen LogP contribution is 2.43. The van der Waals surface area contributed by atoms with Gasteiger partial charge in [0.1, 0.15) is 18.4 Å². The third kappa shape index (κ3) is 3.84. The van der Waals surface area contributed by atoms with E-state index in [0.717, 1.165) is 23.5 Å². The van der Waals surface area contributed by atoms with Crippen molar-refractivity contribution < 1.29 is 18.7 Å². The summed E-state index contributed by atoms with van der Waals surface area (Å²) in [4.78, 5) is 18.3. The third-order valence-electron chi connectivity index (χ3n) is 5.43. The number of para-hydroxylation sites is 1. The fourth-order valence-electron chi connectivity index (χ4n) is 3.74. The molecule has 2 atom stereocenters. The number of aromatic nitrogens is 2. The highest BCUT2D eigenvalue weighted by molar-refractivity contribution is 5.85. The van der Waals surface area contributed by atoms with Crippen molar-refractivity contribution in [1.82, 2.24) is 9.55 Å². The molecule has 2 aromatic rings. The monoisotopic (exact) mass is 387 g/mol. The van der Waals surface area contributed by atoms with E-state index in [1.165, 1.54) is 25.4 Å². The lowest BCUT2D eigenvalue weighted by Crippen LogP contribution is -2.41. The maximum Gasteiger partial charge on any atom is 0.329 e. The van der Waals surface area contributed by atoms with Gasteiger partial charge in [0.05, 0.1) is 30.9 Å². The summed E-state index contributed by atoms with van der Waals surface area (Å²) in [6.45, 7) is 5.39. The molecule has 28 heavy (non-hydrogen) atoms. The van der Waals surface area contributed by atoms with Gasteiger partial charge < -0.3 is 18.9 Å². The van der Waals surface area contributed by atoms with E-state index in [2.05, 4.69) is 16.0 Å². The van der Waals surface area contributed by atoms with Crippen molar-refractivity contribution in [2.24, 2.45) is 5.92 Å². The van der Waals surface area contributed by atoms with Crippen LogP contribution in [0.2, 0.25) is 0 Å². The van der Waals surface area contributed by atoms with Crippen LogP contribution in [0.15, 0.2) is 30.7 Å².